The fourth-order valence-electron chi connectivity index (χ4n) is 2.57. The van der Waals surface area contributed by atoms with E-state index in [1.165, 1.54) is 0 Å². The van der Waals surface area contributed by atoms with Crippen LogP contribution in [0.5, 0.6) is 11.5 Å². The van der Waals surface area contributed by atoms with Crippen LogP contribution in [0.1, 0.15) is 5.69 Å². The Bertz CT molecular complexity index is 1050. The number of nitro benzene ring substituents is 1. The average Bonchev–Trinajstić information content (AvgIpc) is 3.05. The molecule has 0 aliphatic rings. The Morgan fingerprint density at radius 2 is 1.85 bits per heavy atom. The summed E-state index contributed by atoms with van der Waals surface area (Å²) < 4.78 is 44.3. The van der Waals surface area contributed by atoms with E-state index in [2.05, 4.69) is 0 Å². The first kappa shape index (κ1) is 18.0. The number of hydrogen-bond donors (Lipinski definition) is 2. The number of benzene rings is 1. The van der Waals surface area contributed by atoms with E-state index in [1.807, 2.05) is 0 Å². The Morgan fingerprint density at radius 1 is 1.15 bits per heavy atom. The van der Waals surface area contributed by atoms with Crippen LogP contribution >= 0.6 is 0 Å². The fraction of sp³-hybridized carbons (Fsp3) is 0.0625. The molecule has 1 aromatic carbocycles. The normalized spacial score (nSPS) is 11.5. The maximum atomic E-state index is 13.2. The Morgan fingerprint density at radius 3 is 2.48 bits per heavy atom. The number of aromatic nitrogens is 1. The Balaban J connectivity index is 2.18. The summed E-state index contributed by atoms with van der Waals surface area (Å²) >= 11 is 0. The average molecular weight is 382 g/mol. The number of aromatic hydroxyl groups is 2. The highest BCUT2D eigenvalue weighted by molar-refractivity contribution is 5.81. The highest BCUT2D eigenvalue weighted by atomic mass is 19.4. The maximum absolute atomic E-state index is 13.2. The van der Waals surface area contributed by atoms with Crippen molar-refractivity contribution < 1.29 is 37.5 Å². The van der Waals surface area contributed by atoms with Crippen LogP contribution in [0.25, 0.3) is 22.5 Å². The summed E-state index contributed by atoms with van der Waals surface area (Å²) in [4.78, 5) is 10.2. The molecule has 27 heavy (non-hydrogen) atoms. The van der Waals surface area contributed by atoms with E-state index in [-0.39, 0.29) is 21.6 Å². The second kappa shape index (κ2) is 6.20. The molecule has 0 fully saturated rings. The van der Waals surface area contributed by atoms with Crippen LogP contribution in [0.2, 0.25) is 0 Å². The lowest BCUT2D eigenvalue weighted by atomic mass is 10.0. The predicted octanol–water partition coefficient (Wildman–Crippen LogP) is 3.59. The SMILES string of the molecule is O=[N+]([O-])c1c(-c2coc(-c3ccc[n+]([O-])c3C(F)(F)F)c2)ccc(O)c1O. The van der Waals surface area contributed by atoms with Crippen molar-refractivity contribution in [1.29, 1.82) is 0 Å². The highest BCUT2D eigenvalue weighted by Gasteiger charge is 2.43. The van der Waals surface area contributed by atoms with E-state index in [1.54, 1.807) is 0 Å². The number of pyridine rings is 1. The quantitative estimate of drug-likeness (QED) is 0.235. The van der Waals surface area contributed by atoms with Gasteiger partial charge in [0.1, 0.15) is 5.76 Å². The van der Waals surface area contributed by atoms with Gasteiger partial charge in [0, 0.05) is 11.6 Å². The topological polar surface area (TPSA) is 124 Å². The molecule has 2 N–H and O–H groups in total. The molecule has 0 atom stereocenters. The summed E-state index contributed by atoms with van der Waals surface area (Å²) in [5, 5.41) is 41.9. The van der Waals surface area contributed by atoms with Gasteiger partial charge < -0.3 is 19.8 Å². The van der Waals surface area contributed by atoms with Crippen molar-refractivity contribution in [2.75, 3.05) is 0 Å². The number of phenolic OH excluding ortho intramolecular Hbond substituents is 2. The van der Waals surface area contributed by atoms with Crippen LogP contribution in [0.15, 0.2) is 47.2 Å². The summed E-state index contributed by atoms with van der Waals surface area (Å²) in [5.41, 5.74) is -3.12. The van der Waals surface area contributed by atoms with Crippen LogP contribution in [-0.2, 0) is 6.18 Å². The third kappa shape index (κ3) is 3.10. The molecule has 11 heteroatoms. The lowest BCUT2D eigenvalue weighted by molar-refractivity contribution is -0.628. The van der Waals surface area contributed by atoms with Crippen molar-refractivity contribution in [2.45, 2.75) is 6.18 Å². The van der Waals surface area contributed by atoms with Crippen molar-refractivity contribution >= 4 is 5.69 Å². The summed E-state index contributed by atoms with van der Waals surface area (Å²) in [7, 11) is 0. The Hall–Kier alpha value is -3.76. The Labute approximate surface area is 148 Å². The number of hydrogen-bond acceptors (Lipinski definition) is 6. The molecule has 8 nitrogen and oxygen atoms in total. The molecule has 140 valence electrons. The van der Waals surface area contributed by atoms with Gasteiger partial charge in [0.2, 0.25) is 5.75 Å². The third-order valence-electron chi connectivity index (χ3n) is 3.72. The largest absolute Gasteiger partial charge is 0.618 e. The van der Waals surface area contributed by atoms with Gasteiger partial charge in [0.05, 0.1) is 22.3 Å². The van der Waals surface area contributed by atoms with Gasteiger partial charge in [-0.1, -0.05) is 0 Å². The third-order valence-corrected chi connectivity index (χ3v) is 3.72. The number of nitrogens with zero attached hydrogens (tertiary/aromatic N) is 2. The highest BCUT2D eigenvalue weighted by Crippen LogP contribution is 2.44. The van der Waals surface area contributed by atoms with E-state index in [9.17, 15) is 38.7 Å². The van der Waals surface area contributed by atoms with E-state index in [0.29, 0.717) is 6.20 Å². The zero-order valence-electron chi connectivity index (χ0n) is 13.1. The van der Waals surface area contributed by atoms with Crippen molar-refractivity contribution in [1.82, 2.24) is 0 Å². The second-order valence-corrected chi connectivity index (χ2v) is 5.38. The molecule has 3 aromatic rings. The summed E-state index contributed by atoms with van der Waals surface area (Å²) in [6.45, 7) is 0. The van der Waals surface area contributed by atoms with Crippen molar-refractivity contribution in [3.8, 4) is 33.9 Å². The molecule has 0 saturated heterocycles. The van der Waals surface area contributed by atoms with E-state index < -0.39 is 39.5 Å². The van der Waals surface area contributed by atoms with Crippen LogP contribution in [0.4, 0.5) is 18.9 Å². The molecule has 2 aromatic heterocycles. The van der Waals surface area contributed by atoms with Crippen LogP contribution < -0.4 is 4.73 Å². The first-order chi connectivity index (χ1) is 12.6. The van der Waals surface area contributed by atoms with Gasteiger partial charge in [-0.3, -0.25) is 10.1 Å². The summed E-state index contributed by atoms with van der Waals surface area (Å²) in [6, 6.07) is 5.26. The second-order valence-electron chi connectivity index (χ2n) is 5.38. The van der Waals surface area contributed by atoms with Gasteiger partial charge in [-0.15, -0.1) is 0 Å². The van der Waals surface area contributed by atoms with Gasteiger partial charge in [-0.2, -0.15) is 17.9 Å². The monoisotopic (exact) mass is 382 g/mol. The molecule has 0 amide bonds. The van der Waals surface area contributed by atoms with Gasteiger partial charge in [-0.25, -0.2) is 0 Å². The smallest absolute Gasteiger partial charge is 0.479 e. The molecule has 2 heterocycles. The molecular formula is C16H9F3N2O6. The van der Waals surface area contributed by atoms with Crippen LogP contribution in [0.3, 0.4) is 0 Å². The number of rotatable bonds is 3. The number of phenols is 2. The first-order valence-electron chi connectivity index (χ1n) is 7.19. The molecular weight excluding hydrogens is 373 g/mol. The van der Waals surface area contributed by atoms with Gasteiger partial charge in [0.25, 0.3) is 0 Å². The van der Waals surface area contributed by atoms with Crippen molar-refractivity contribution in [3.05, 3.63) is 63.8 Å². The summed E-state index contributed by atoms with van der Waals surface area (Å²) in [6.07, 6.45) is -3.34. The molecule has 3 rings (SSSR count). The maximum Gasteiger partial charge on any atom is 0.479 e. The van der Waals surface area contributed by atoms with Crippen molar-refractivity contribution in [3.63, 3.8) is 0 Å². The number of halogens is 3. The van der Waals surface area contributed by atoms with E-state index in [0.717, 1.165) is 36.6 Å². The zero-order valence-corrected chi connectivity index (χ0v) is 13.1. The number of alkyl halides is 3. The fourth-order valence-corrected chi connectivity index (χ4v) is 2.57. The zero-order chi connectivity index (χ0) is 19.9. The Kier molecular flexibility index (Phi) is 4.14. The van der Waals surface area contributed by atoms with Gasteiger partial charge >= 0.3 is 17.6 Å². The number of nitro groups is 1. The minimum atomic E-state index is -4.96. The standard InChI is InChI=1S/C16H9F3N2O6/c17-16(18,19)15-10(2-1-5-20(15)24)12-6-8(7-27-12)9-3-4-11(22)14(23)13(9)21(25)26/h1-7,22-23H. The lowest BCUT2D eigenvalue weighted by Crippen LogP contribution is -2.36. The first-order valence-corrected chi connectivity index (χ1v) is 7.19. The molecule has 0 saturated carbocycles. The molecule has 0 aliphatic heterocycles. The van der Waals surface area contributed by atoms with Gasteiger partial charge in [-0.05, 0) is 24.3 Å². The van der Waals surface area contributed by atoms with E-state index in [4.69, 9.17) is 4.42 Å². The predicted molar refractivity (Wildman–Crippen MR) is 83.5 cm³/mol. The van der Waals surface area contributed by atoms with Crippen LogP contribution in [-0.4, -0.2) is 15.1 Å². The minimum Gasteiger partial charge on any atom is -0.618 e. The molecule has 0 bridgehead atoms. The number of furan rings is 1. The molecule has 0 radical (unpaired) electrons. The van der Waals surface area contributed by atoms with Gasteiger partial charge in [0.15, 0.2) is 11.9 Å². The summed E-state index contributed by atoms with van der Waals surface area (Å²) in [5.74, 6) is -2.08. The molecule has 0 unspecified atom stereocenters. The minimum absolute atomic E-state index is 0.0265. The lowest BCUT2D eigenvalue weighted by Gasteiger charge is -2.10. The van der Waals surface area contributed by atoms with E-state index >= 15 is 0 Å². The molecule has 0 aliphatic carbocycles. The molecule has 0 spiro atoms. The van der Waals surface area contributed by atoms with Crippen LogP contribution in [0, 0.1) is 15.3 Å². The van der Waals surface area contributed by atoms with Crippen molar-refractivity contribution in [2.24, 2.45) is 0 Å².